The number of carbonyl (C=O) groups excluding carboxylic acids is 1. The van der Waals surface area contributed by atoms with Crippen molar-refractivity contribution in [1.82, 2.24) is 14.8 Å². The molecular weight excluding hydrogens is 246 g/mol. The maximum absolute atomic E-state index is 12.2. The van der Waals surface area contributed by atoms with Crippen molar-refractivity contribution in [3.05, 3.63) is 18.4 Å². The molecule has 0 aromatic carbocycles. The second-order valence-electron chi connectivity index (χ2n) is 5.15. The highest BCUT2D eigenvalue weighted by Crippen LogP contribution is 2.24. The van der Waals surface area contributed by atoms with Crippen molar-refractivity contribution in [2.45, 2.75) is 13.0 Å². The Hall–Kier alpha value is -1.40. The molecule has 2 aliphatic heterocycles. The van der Waals surface area contributed by atoms with Gasteiger partial charge in [-0.05, 0) is 6.54 Å². The number of fused-ring (bicyclic) bond motifs is 1. The van der Waals surface area contributed by atoms with Gasteiger partial charge in [-0.1, -0.05) is 6.92 Å². The highest BCUT2D eigenvalue weighted by atomic mass is 16.5. The Labute approximate surface area is 112 Å². The molecule has 2 fully saturated rings. The molecule has 1 aromatic rings. The van der Waals surface area contributed by atoms with Crippen LogP contribution in [0.4, 0.5) is 0 Å². The van der Waals surface area contributed by atoms with Crippen LogP contribution in [0.15, 0.2) is 17.1 Å². The van der Waals surface area contributed by atoms with Crippen LogP contribution in [0.25, 0.3) is 0 Å². The maximum atomic E-state index is 12.2. The first-order chi connectivity index (χ1) is 9.28. The van der Waals surface area contributed by atoms with Crippen molar-refractivity contribution in [1.29, 1.82) is 0 Å². The second kappa shape index (κ2) is 5.30. The summed E-state index contributed by atoms with van der Waals surface area (Å²) in [5.41, 5.74) is 0.379. The number of oxazole rings is 1. The summed E-state index contributed by atoms with van der Waals surface area (Å²) in [6.07, 6.45) is 2.85. The summed E-state index contributed by atoms with van der Waals surface area (Å²) in [4.78, 5) is 20.4. The molecule has 0 unspecified atom stereocenters. The van der Waals surface area contributed by atoms with Gasteiger partial charge >= 0.3 is 0 Å². The predicted octanol–water partition coefficient (Wildman–Crippen LogP) is 0.467. The molecule has 0 spiro atoms. The number of hydrogen-bond acceptors (Lipinski definition) is 5. The van der Waals surface area contributed by atoms with Gasteiger partial charge in [-0.25, -0.2) is 4.98 Å². The van der Waals surface area contributed by atoms with Crippen molar-refractivity contribution < 1.29 is 13.9 Å². The molecule has 0 radical (unpaired) electrons. The summed E-state index contributed by atoms with van der Waals surface area (Å²) < 4.78 is 10.7. The van der Waals surface area contributed by atoms with Crippen molar-refractivity contribution >= 4 is 5.91 Å². The van der Waals surface area contributed by atoms with Crippen molar-refractivity contribution in [3.63, 3.8) is 0 Å². The van der Waals surface area contributed by atoms with Crippen molar-refractivity contribution in [2.24, 2.45) is 5.92 Å². The minimum Gasteiger partial charge on any atom is -0.451 e. The zero-order valence-electron chi connectivity index (χ0n) is 11.1. The van der Waals surface area contributed by atoms with Crippen LogP contribution >= 0.6 is 0 Å². The minimum absolute atomic E-state index is 0.0616. The van der Waals surface area contributed by atoms with Gasteiger partial charge in [0.25, 0.3) is 5.91 Å². The fraction of sp³-hybridized carbons (Fsp3) is 0.692. The first-order valence-corrected chi connectivity index (χ1v) is 6.79. The number of ether oxygens (including phenoxy) is 1. The van der Waals surface area contributed by atoms with Crippen LogP contribution in [0.3, 0.4) is 0 Å². The number of aromatic nitrogens is 1. The third-order valence-electron chi connectivity index (χ3n) is 4.00. The Morgan fingerprint density at radius 2 is 2.37 bits per heavy atom. The van der Waals surface area contributed by atoms with Crippen molar-refractivity contribution in [2.75, 3.05) is 39.3 Å². The van der Waals surface area contributed by atoms with Crippen molar-refractivity contribution in [3.8, 4) is 0 Å². The van der Waals surface area contributed by atoms with Gasteiger partial charge in [-0.2, -0.15) is 0 Å². The van der Waals surface area contributed by atoms with E-state index in [2.05, 4.69) is 16.8 Å². The number of nitrogens with zero attached hydrogens (tertiary/aromatic N) is 3. The average Bonchev–Trinajstić information content (AvgIpc) is 3.04. The molecule has 3 heterocycles. The Morgan fingerprint density at radius 1 is 1.47 bits per heavy atom. The van der Waals surface area contributed by atoms with Crippen LogP contribution in [-0.4, -0.2) is 66.1 Å². The van der Waals surface area contributed by atoms with E-state index >= 15 is 0 Å². The first kappa shape index (κ1) is 12.6. The Kier molecular flexibility index (Phi) is 3.52. The van der Waals surface area contributed by atoms with Crippen LogP contribution in [0.1, 0.15) is 17.4 Å². The quantitative estimate of drug-likeness (QED) is 0.778. The van der Waals surface area contributed by atoms with E-state index in [0.717, 1.165) is 32.8 Å². The third kappa shape index (κ3) is 2.50. The van der Waals surface area contributed by atoms with E-state index in [1.54, 1.807) is 0 Å². The number of rotatable bonds is 2. The lowest BCUT2D eigenvalue weighted by atomic mass is 10.1. The molecule has 6 nitrogen and oxygen atoms in total. The minimum atomic E-state index is -0.0616. The molecular formula is C13H19N3O3. The number of carbonyl (C=O) groups is 1. The van der Waals surface area contributed by atoms with Gasteiger partial charge in [0.15, 0.2) is 12.1 Å². The normalized spacial score (nSPS) is 28.2. The van der Waals surface area contributed by atoms with Crippen LogP contribution in [0.2, 0.25) is 0 Å². The summed E-state index contributed by atoms with van der Waals surface area (Å²) in [6.45, 7) is 7.34. The number of amides is 1. The highest BCUT2D eigenvalue weighted by Gasteiger charge is 2.38. The SMILES string of the molecule is CCN1CCO[C@@H]2CN(C(=O)c3cocn3)C[C@@H]2C1. The lowest BCUT2D eigenvalue weighted by molar-refractivity contribution is 0.0484. The second-order valence-corrected chi connectivity index (χ2v) is 5.15. The molecule has 1 amide bonds. The third-order valence-corrected chi connectivity index (χ3v) is 4.00. The molecule has 104 valence electrons. The Morgan fingerprint density at radius 3 is 3.11 bits per heavy atom. The van der Waals surface area contributed by atoms with Gasteiger partial charge in [0, 0.05) is 32.1 Å². The van der Waals surface area contributed by atoms with E-state index in [1.807, 2.05) is 4.90 Å². The fourth-order valence-corrected chi connectivity index (χ4v) is 2.89. The first-order valence-electron chi connectivity index (χ1n) is 6.79. The van der Waals surface area contributed by atoms with Crippen LogP contribution in [0, 0.1) is 5.92 Å². The molecule has 2 atom stereocenters. The van der Waals surface area contributed by atoms with E-state index in [0.29, 0.717) is 18.2 Å². The number of hydrogen-bond donors (Lipinski definition) is 0. The fourth-order valence-electron chi connectivity index (χ4n) is 2.89. The van der Waals surface area contributed by atoms with E-state index in [4.69, 9.17) is 9.15 Å². The van der Waals surface area contributed by atoms with E-state index < -0.39 is 0 Å². The van der Waals surface area contributed by atoms with E-state index in [-0.39, 0.29) is 12.0 Å². The van der Waals surface area contributed by atoms with E-state index in [9.17, 15) is 4.79 Å². The summed E-state index contributed by atoms with van der Waals surface area (Å²) in [6, 6.07) is 0. The monoisotopic (exact) mass is 265 g/mol. The Bertz CT molecular complexity index is 434. The summed E-state index contributed by atoms with van der Waals surface area (Å²) in [7, 11) is 0. The molecule has 0 N–H and O–H groups in total. The Balaban J connectivity index is 1.67. The van der Waals surface area contributed by atoms with Crippen LogP contribution in [-0.2, 0) is 4.74 Å². The molecule has 0 aliphatic carbocycles. The van der Waals surface area contributed by atoms with Crippen LogP contribution < -0.4 is 0 Å². The molecule has 6 heteroatoms. The highest BCUT2D eigenvalue weighted by molar-refractivity contribution is 5.92. The number of likely N-dealkylation sites (tertiary alicyclic amines) is 1. The molecule has 2 saturated heterocycles. The van der Waals surface area contributed by atoms with Gasteiger partial charge < -0.3 is 19.0 Å². The zero-order valence-corrected chi connectivity index (χ0v) is 11.1. The molecule has 19 heavy (non-hydrogen) atoms. The molecule has 0 saturated carbocycles. The summed E-state index contributed by atoms with van der Waals surface area (Å²) in [5, 5.41) is 0. The lowest BCUT2D eigenvalue weighted by Gasteiger charge is -2.21. The smallest absolute Gasteiger partial charge is 0.275 e. The molecule has 0 bridgehead atoms. The van der Waals surface area contributed by atoms with Gasteiger partial charge in [0.05, 0.1) is 12.7 Å². The topological polar surface area (TPSA) is 58.8 Å². The molecule has 2 aliphatic rings. The molecule has 1 aromatic heterocycles. The van der Waals surface area contributed by atoms with Gasteiger partial charge in [0.1, 0.15) is 6.26 Å². The van der Waals surface area contributed by atoms with Crippen LogP contribution in [0.5, 0.6) is 0 Å². The predicted molar refractivity (Wildman–Crippen MR) is 67.8 cm³/mol. The molecule has 3 rings (SSSR count). The summed E-state index contributed by atoms with van der Waals surface area (Å²) in [5.74, 6) is 0.340. The van der Waals surface area contributed by atoms with E-state index in [1.165, 1.54) is 12.7 Å². The number of likely N-dealkylation sites (N-methyl/N-ethyl adjacent to an activating group) is 1. The average molecular weight is 265 g/mol. The maximum Gasteiger partial charge on any atom is 0.275 e. The van der Waals surface area contributed by atoms with Gasteiger partial charge in [-0.15, -0.1) is 0 Å². The standard InChI is InChI=1S/C13H19N3O3/c1-2-15-3-4-19-12-7-16(6-10(12)5-15)13(17)11-8-18-9-14-11/h8-10,12H,2-7H2,1H3/t10-,12+/m0/s1. The largest absolute Gasteiger partial charge is 0.451 e. The van der Waals surface area contributed by atoms with Gasteiger partial charge in [0.2, 0.25) is 0 Å². The van der Waals surface area contributed by atoms with Gasteiger partial charge in [-0.3, -0.25) is 4.79 Å². The lowest BCUT2D eigenvalue weighted by Crippen LogP contribution is -2.33. The summed E-state index contributed by atoms with van der Waals surface area (Å²) >= 11 is 0. The zero-order chi connectivity index (χ0) is 13.2.